The van der Waals surface area contributed by atoms with E-state index in [1.165, 1.54) is 0 Å². The molecule has 0 atom stereocenters. The van der Waals surface area contributed by atoms with Gasteiger partial charge in [-0.15, -0.1) is 0 Å². The Kier molecular flexibility index (Phi) is 4.44. The summed E-state index contributed by atoms with van der Waals surface area (Å²) in [6.45, 7) is 8.80. The molecule has 0 saturated heterocycles. The number of rotatable bonds is 5. The minimum atomic E-state index is -1.95. The molecular weight excluding hydrogens is 168 g/mol. The maximum absolute atomic E-state index is 5.55. The monoisotopic (exact) mass is 190 g/mol. The highest BCUT2D eigenvalue weighted by molar-refractivity contribution is 6.69. The van der Waals surface area contributed by atoms with Crippen LogP contribution in [0.15, 0.2) is 0 Å². The Morgan fingerprint density at radius 1 is 1.08 bits per heavy atom. The predicted octanol–water partition coefficient (Wildman–Crippen LogP) is 2.93. The highest BCUT2D eigenvalue weighted by Crippen LogP contribution is 2.44. The molecule has 0 aliphatic carbocycles. The third-order valence-electron chi connectivity index (χ3n) is 3.44. The fourth-order valence-electron chi connectivity index (χ4n) is 1.47. The van der Waals surface area contributed by atoms with Gasteiger partial charge in [0.2, 0.25) is 0 Å². The zero-order valence-electron chi connectivity index (χ0n) is 9.23. The van der Waals surface area contributed by atoms with E-state index in [0.717, 1.165) is 12.8 Å². The normalized spacial score (nSPS) is 13.5. The largest absolute Gasteiger partial charge is 0.397 e. The summed E-state index contributed by atoms with van der Waals surface area (Å²) in [6, 6.07) is 0. The van der Waals surface area contributed by atoms with Gasteiger partial charge in [0.25, 0.3) is 0 Å². The Morgan fingerprint density at radius 2 is 1.42 bits per heavy atom. The topological polar surface area (TPSA) is 18.5 Å². The van der Waals surface area contributed by atoms with Crippen LogP contribution in [0.1, 0.15) is 33.6 Å². The van der Waals surface area contributed by atoms with E-state index in [9.17, 15) is 0 Å². The molecule has 0 aliphatic heterocycles. The molecular formula is C9H22O2Si. The molecule has 0 radical (unpaired) electrons. The summed E-state index contributed by atoms with van der Waals surface area (Å²) in [5, 5.41) is 0.233. The Bertz CT molecular complexity index is 112. The molecule has 0 aromatic heterocycles. The Balaban J connectivity index is 4.66. The van der Waals surface area contributed by atoms with Crippen LogP contribution in [-0.2, 0) is 8.85 Å². The molecule has 0 spiro atoms. The van der Waals surface area contributed by atoms with Gasteiger partial charge in [-0.2, -0.15) is 0 Å². The lowest BCUT2D eigenvalue weighted by Gasteiger charge is -2.40. The van der Waals surface area contributed by atoms with Crippen molar-refractivity contribution in [2.45, 2.75) is 45.2 Å². The van der Waals surface area contributed by atoms with Crippen molar-refractivity contribution in [1.29, 1.82) is 0 Å². The lowest BCUT2D eigenvalue weighted by atomic mass is 10.1. The SMILES string of the molecule is CCC(C)(CC)[Si](C)(OC)OC. The van der Waals surface area contributed by atoms with Gasteiger partial charge in [-0.25, -0.2) is 0 Å². The molecule has 3 heteroatoms. The average Bonchev–Trinajstić information content (AvgIpc) is 2.15. The molecule has 0 amide bonds. The van der Waals surface area contributed by atoms with Crippen molar-refractivity contribution in [1.82, 2.24) is 0 Å². The first-order valence-electron chi connectivity index (χ1n) is 4.60. The third-order valence-corrected chi connectivity index (χ3v) is 7.89. The fourth-order valence-corrected chi connectivity index (χ4v) is 3.91. The van der Waals surface area contributed by atoms with E-state index in [-0.39, 0.29) is 5.04 Å². The van der Waals surface area contributed by atoms with E-state index in [1.807, 2.05) is 0 Å². The zero-order chi connectivity index (χ0) is 9.83. The maximum Gasteiger partial charge on any atom is 0.340 e. The minimum absolute atomic E-state index is 0.233. The van der Waals surface area contributed by atoms with Crippen molar-refractivity contribution in [3.05, 3.63) is 0 Å². The van der Waals surface area contributed by atoms with Crippen molar-refractivity contribution in [2.75, 3.05) is 14.2 Å². The molecule has 0 aliphatic rings. The van der Waals surface area contributed by atoms with Crippen molar-refractivity contribution in [3.8, 4) is 0 Å². The number of hydrogen-bond acceptors (Lipinski definition) is 2. The molecule has 2 nitrogen and oxygen atoms in total. The average molecular weight is 190 g/mol. The summed E-state index contributed by atoms with van der Waals surface area (Å²) in [5.41, 5.74) is 0. The van der Waals surface area contributed by atoms with Crippen LogP contribution >= 0.6 is 0 Å². The Hall–Kier alpha value is 0.137. The molecule has 0 aromatic carbocycles. The van der Waals surface area contributed by atoms with Crippen molar-refractivity contribution in [2.24, 2.45) is 0 Å². The zero-order valence-corrected chi connectivity index (χ0v) is 10.2. The molecule has 0 rings (SSSR count). The molecule has 0 heterocycles. The smallest absolute Gasteiger partial charge is 0.340 e. The van der Waals surface area contributed by atoms with Crippen LogP contribution in [0.3, 0.4) is 0 Å². The summed E-state index contributed by atoms with van der Waals surface area (Å²) < 4.78 is 11.1. The lowest BCUT2D eigenvalue weighted by molar-refractivity contribution is 0.208. The van der Waals surface area contributed by atoms with Crippen LogP contribution in [-0.4, -0.2) is 22.8 Å². The van der Waals surface area contributed by atoms with Gasteiger partial charge in [0.05, 0.1) is 0 Å². The minimum Gasteiger partial charge on any atom is -0.397 e. The molecule has 0 fully saturated rings. The summed E-state index contributed by atoms with van der Waals surface area (Å²) in [5.74, 6) is 0. The molecule has 0 saturated carbocycles. The highest BCUT2D eigenvalue weighted by Gasteiger charge is 2.47. The first-order chi connectivity index (χ1) is 5.49. The van der Waals surface area contributed by atoms with Gasteiger partial charge in [0.15, 0.2) is 0 Å². The van der Waals surface area contributed by atoms with Crippen LogP contribution in [0.4, 0.5) is 0 Å². The quantitative estimate of drug-likeness (QED) is 0.621. The van der Waals surface area contributed by atoms with Crippen molar-refractivity contribution in [3.63, 3.8) is 0 Å². The fraction of sp³-hybridized carbons (Fsp3) is 1.00. The van der Waals surface area contributed by atoms with Crippen LogP contribution < -0.4 is 0 Å². The summed E-state index contributed by atoms with van der Waals surface area (Å²) in [7, 11) is 1.58. The lowest BCUT2D eigenvalue weighted by Crippen LogP contribution is -2.47. The molecule has 74 valence electrons. The van der Waals surface area contributed by atoms with Gasteiger partial charge in [-0.1, -0.05) is 20.8 Å². The standard InChI is InChI=1S/C9H22O2Si/c1-7-9(3,8-2)12(6,10-4)11-5/h7-8H2,1-6H3. The summed E-state index contributed by atoms with van der Waals surface area (Å²) in [4.78, 5) is 0. The van der Waals surface area contributed by atoms with Crippen molar-refractivity contribution < 1.29 is 8.85 Å². The van der Waals surface area contributed by atoms with E-state index in [2.05, 4.69) is 27.3 Å². The second kappa shape index (κ2) is 4.39. The molecule has 0 N–H and O–H groups in total. The van der Waals surface area contributed by atoms with Crippen molar-refractivity contribution >= 4 is 8.56 Å². The first kappa shape index (κ1) is 12.1. The van der Waals surface area contributed by atoms with Gasteiger partial charge < -0.3 is 8.85 Å². The van der Waals surface area contributed by atoms with Crippen LogP contribution in [0.25, 0.3) is 0 Å². The summed E-state index contributed by atoms with van der Waals surface area (Å²) in [6.07, 6.45) is 2.24. The van der Waals surface area contributed by atoms with Gasteiger partial charge in [0.1, 0.15) is 0 Å². The second-order valence-corrected chi connectivity index (χ2v) is 7.54. The predicted molar refractivity (Wildman–Crippen MR) is 54.6 cm³/mol. The van der Waals surface area contributed by atoms with E-state index in [1.54, 1.807) is 14.2 Å². The Labute approximate surface area is 77.5 Å². The molecule has 0 bridgehead atoms. The molecule has 0 aromatic rings. The van der Waals surface area contributed by atoms with E-state index in [4.69, 9.17) is 8.85 Å². The van der Waals surface area contributed by atoms with Gasteiger partial charge in [-0.05, 0) is 19.4 Å². The summed E-state index contributed by atoms with van der Waals surface area (Å²) >= 11 is 0. The molecule has 0 unspecified atom stereocenters. The van der Waals surface area contributed by atoms with Gasteiger partial charge in [0, 0.05) is 19.3 Å². The van der Waals surface area contributed by atoms with Crippen LogP contribution in [0, 0.1) is 0 Å². The van der Waals surface area contributed by atoms with Crippen LogP contribution in [0.5, 0.6) is 0 Å². The van der Waals surface area contributed by atoms with E-state index < -0.39 is 8.56 Å². The van der Waals surface area contributed by atoms with Crippen LogP contribution in [0.2, 0.25) is 11.6 Å². The van der Waals surface area contributed by atoms with Gasteiger partial charge >= 0.3 is 8.56 Å². The highest BCUT2D eigenvalue weighted by atomic mass is 28.4. The Morgan fingerprint density at radius 3 is 1.50 bits per heavy atom. The maximum atomic E-state index is 5.55. The van der Waals surface area contributed by atoms with E-state index >= 15 is 0 Å². The van der Waals surface area contributed by atoms with Gasteiger partial charge in [-0.3, -0.25) is 0 Å². The second-order valence-electron chi connectivity index (χ2n) is 3.62. The van der Waals surface area contributed by atoms with E-state index in [0.29, 0.717) is 0 Å². The number of hydrogen-bond donors (Lipinski definition) is 0. The third kappa shape index (κ3) is 1.89. The first-order valence-corrected chi connectivity index (χ1v) is 6.91. The molecule has 12 heavy (non-hydrogen) atoms.